The van der Waals surface area contributed by atoms with Crippen LogP contribution in [0.1, 0.15) is 37.6 Å². The number of benzene rings is 2. The molecule has 1 atom stereocenters. The summed E-state index contributed by atoms with van der Waals surface area (Å²) in [5.74, 6) is -1.89. The topological polar surface area (TPSA) is 86.9 Å². The van der Waals surface area contributed by atoms with Crippen molar-refractivity contribution < 1.29 is 18.4 Å². The Labute approximate surface area is 189 Å². The summed E-state index contributed by atoms with van der Waals surface area (Å²) in [4.78, 5) is 24.7. The molecule has 1 aromatic heterocycles. The van der Waals surface area contributed by atoms with Crippen molar-refractivity contribution in [3.63, 3.8) is 0 Å². The summed E-state index contributed by atoms with van der Waals surface area (Å²) in [5.41, 5.74) is 0.946. The van der Waals surface area contributed by atoms with Crippen LogP contribution in [-0.2, 0) is 21.4 Å². The normalized spacial score (nSPS) is 12.3. The van der Waals surface area contributed by atoms with Crippen LogP contribution >= 0.6 is 11.6 Å². The molecular formula is C23H23ClF2N4O2. The molecule has 9 heteroatoms. The first-order valence-corrected chi connectivity index (χ1v) is 10.3. The minimum Gasteiger partial charge on any atom is -0.344 e. The molecule has 0 unspecified atom stereocenters. The molecule has 0 aliphatic rings. The predicted octanol–water partition coefficient (Wildman–Crippen LogP) is 4.35. The smallest absolute Gasteiger partial charge is 0.247 e. The lowest BCUT2D eigenvalue weighted by Crippen LogP contribution is -2.42. The van der Waals surface area contributed by atoms with Crippen molar-refractivity contribution in [2.75, 3.05) is 5.32 Å². The Hall–Kier alpha value is -3.26. The van der Waals surface area contributed by atoms with Crippen LogP contribution in [0.3, 0.4) is 0 Å². The molecule has 168 valence electrons. The van der Waals surface area contributed by atoms with Crippen molar-refractivity contribution >= 4 is 29.2 Å². The molecule has 3 aromatic rings. The molecule has 0 bridgehead atoms. The highest BCUT2D eigenvalue weighted by atomic mass is 35.5. The van der Waals surface area contributed by atoms with E-state index in [2.05, 4.69) is 20.8 Å². The minimum atomic E-state index is -0.805. The van der Waals surface area contributed by atoms with E-state index < -0.39 is 29.0 Å². The van der Waals surface area contributed by atoms with Crippen LogP contribution in [0.2, 0.25) is 5.02 Å². The van der Waals surface area contributed by atoms with Gasteiger partial charge in [-0.1, -0.05) is 37.6 Å². The fourth-order valence-electron chi connectivity index (χ4n) is 3.16. The zero-order valence-corrected chi connectivity index (χ0v) is 18.6. The van der Waals surface area contributed by atoms with Gasteiger partial charge in [0.2, 0.25) is 11.8 Å². The van der Waals surface area contributed by atoms with Gasteiger partial charge in [0.05, 0.1) is 6.42 Å². The molecule has 32 heavy (non-hydrogen) atoms. The maximum Gasteiger partial charge on any atom is 0.247 e. The molecule has 1 heterocycles. The maximum absolute atomic E-state index is 13.6. The summed E-state index contributed by atoms with van der Waals surface area (Å²) in [6.07, 6.45) is 0.111. The number of nitrogens with zero attached hydrogens (tertiary/aromatic N) is 1. The second-order valence-electron chi connectivity index (χ2n) is 8.03. The summed E-state index contributed by atoms with van der Waals surface area (Å²) >= 11 is 5.83. The van der Waals surface area contributed by atoms with Gasteiger partial charge in [-0.05, 0) is 42.3 Å². The number of carbonyl (C=O) groups is 2. The summed E-state index contributed by atoms with van der Waals surface area (Å²) in [6.45, 7) is 5.11. The summed E-state index contributed by atoms with van der Waals surface area (Å²) < 4.78 is 27.3. The van der Waals surface area contributed by atoms with Crippen LogP contribution in [0.5, 0.6) is 0 Å². The van der Waals surface area contributed by atoms with Crippen molar-refractivity contribution in [2.45, 2.75) is 38.6 Å². The third-order valence-corrected chi connectivity index (χ3v) is 5.39. The molecule has 6 nitrogen and oxygen atoms in total. The van der Waals surface area contributed by atoms with Gasteiger partial charge >= 0.3 is 0 Å². The SMILES string of the molecule is C[C@H](NC(=O)Cc1ccc(Cl)cc1)C(=O)Nc1cc(C(C)(C)c2cc(F)cc(F)c2)[nH]n1. The number of H-pyrrole nitrogens is 1. The standard InChI is InChI=1S/C23H23ClF2N4O2/c1-13(27-21(31)8-14-4-6-16(24)7-5-14)22(32)28-20-12-19(29-30-20)23(2,3)15-9-17(25)11-18(26)10-15/h4-7,9-13H,8H2,1-3H3,(H,27,31)(H2,28,29,30,32)/t13-/m0/s1. The maximum atomic E-state index is 13.6. The van der Waals surface area contributed by atoms with Crippen LogP contribution in [0, 0.1) is 11.6 Å². The van der Waals surface area contributed by atoms with Crippen molar-refractivity contribution in [2.24, 2.45) is 0 Å². The van der Waals surface area contributed by atoms with E-state index >= 15 is 0 Å². The molecule has 2 aromatic carbocycles. The number of anilines is 1. The van der Waals surface area contributed by atoms with Gasteiger partial charge in [-0.15, -0.1) is 0 Å². The van der Waals surface area contributed by atoms with Crippen molar-refractivity contribution in [3.05, 3.63) is 82.0 Å². The number of halogens is 3. The minimum absolute atomic E-state index is 0.111. The van der Waals surface area contributed by atoms with Crippen LogP contribution < -0.4 is 10.6 Å². The highest BCUT2D eigenvalue weighted by molar-refractivity contribution is 6.30. The summed E-state index contributed by atoms with van der Waals surface area (Å²) in [5, 5.41) is 12.7. The van der Waals surface area contributed by atoms with Crippen LogP contribution in [0.4, 0.5) is 14.6 Å². The number of nitrogens with one attached hydrogen (secondary N) is 3. The Morgan fingerprint density at radius 2 is 1.72 bits per heavy atom. The van der Waals surface area contributed by atoms with Gasteiger partial charge in [0.1, 0.15) is 17.7 Å². The number of hydrogen-bond acceptors (Lipinski definition) is 3. The van der Waals surface area contributed by atoms with Crippen LogP contribution in [0.15, 0.2) is 48.5 Å². The van der Waals surface area contributed by atoms with E-state index in [4.69, 9.17) is 11.6 Å². The van der Waals surface area contributed by atoms with E-state index in [1.165, 1.54) is 12.1 Å². The van der Waals surface area contributed by atoms with E-state index in [0.717, 1.165) is 11.6 Å². The molecule has 3 rings (SSSR count). The number of hydrogen-bond donors (Lipinski definition) is 3. The third kappa shape index (κ3) is 5.70. The van der Waals surface area contributed by atoms with Crippen molar-refractivity contribution in [3.8, 4) is 0 Å². The number of carbonyl (C=O) groups excluding carboxylic acids is 2. The molecule has 0 aliphatic heterocycles. The van der Waals surface area contributed by atoms with Gasteiger partial charge in [-0.3, -0.25) is 14.7 Å². The Kier molecular flexibility index (Phi) is 6.93. The molecule has 3 N–H and O–H groups in total. The highest BCUT2D eigenvalue weighted by Gasteiger charge is 2.27. The Morgan fingerprint density at radius 3 is 2.34 bits per heavy atom. The largest absolute Gasteiger partial charge is 0.344 e. The zero-order valence-electron chi connectivity index (χ0n) is 17.8. The Morgan fingerprint density at radius 1 is 1.09 bits per heavy atom. The summed E-state index contributed by atoms with van der Waals surface area (Å²) in [7, 11) is 0. The van der Waals surface area contributed by atoms with Crippen LogP contribution in [0.25, 0.3) is 0 Å². The molecule has 0 aliphatic carbocycles. The first-order valence-electron chi connectivity index (χ1n) is 9.91. The number of aromatic amines is 1. The van der Waals surface area contributed by atoms with Crippen molar-refractivity contribution in [1.82, 2.24) is 15.5 Å². The quantitative estimate of drug-likeness (QED) is 0.489. The van der Waals surface area contributed by atoms with Crippen LogP contribution in [-0.4, -0.2) is 28.1 Å². The zero-order chi connectivity index (χ0) is 23.5. The molecule has 0 fully saturated rings. The molecular weight excluding hydrogens is 438 g/mol. The van der Waals surface area contributed by atoms with Gasteiger partial charge in [-0.25, -0.2) is 8.78 Å². The Balaban J connectivity index is 1.62. The Bertz CT molecular complexity index is 1110. The molecule has 0 saturated heterocycles. The molecule has 0 spiro atoms. The average molecular weight is 461 g/mol. The molecule has 0 radical (unpaired) electrons. The molecule has 2 amide bonds. The van der Waals surface area contributed by atoms with E-state index in [9.17, 15) is 18.4 Å². The van der Waals surface area contributed by atoms with Gasteiger partial charge in [0, 0.05) is 28.3 Å². The van der Waals surface area contributed by atoms with Crippen molar-refractivity contribution in [1.29, 1.82) is 0 Å². The van der Waals surface area contributed by atoms with E-state index in [1.807, 2.05) is 0 Å². The number of aromatic nitrogens is 2. The second-order valence-corrected chi connectivity index (χ2v) is 8.47. The van der Waals surface area contributed by atoms with Gasteiger partial charge in [0.25, 0.3) is 0 Å². The summed E-state index contributed by atoms with van der Waals surface area (Å²) in [6, 6.07) is 10.9. The molecule has 0 saturated carbocycles. The van der Waals surface area contributed by atoms with Gasteiger partial charge < -0.3 is 10.6 Å². The fourth-order valence-corrected chi connectivity index (χ4v) is 3.28. The fraction of sp³-hybridized carbons (Fsp3) is 0.261. The number of amides is 2. The monoisotopic (exact) mass is 460 g/mol. The first kappa shape index (κ1) is 23.4. The third-order valence-electron chi connectivity index (χ3n) is 5.14. The van der Waals surface area contributed by atoms with Gasteiger partial charge in [0.15, 0.2) is 5.82 Å². The lowest BCUT2D eigenvalue weighted by Gasteiger charge is -2.23. The van der Waals surface area contributed by atoms with E-state index in [0.29, 0.717) is 16.3 Å². The lowest BCUT2D eigenvalue weighted by molar-refractivity contribution is -0.125. The number of rotatable bonds is 7. The lowest BCUT2D eigenvalue weighted by atomic mass is 9.81. The van der Waals surface area contributed by atoms with E-state index in [1.54, 1.807) is 51.1 Å². The second kappa shape index (κ2) is 9.48. The van der Waals surface area contributed by atoms with E-state index in [-0.39, 0.29) is 18.1 Å². The highest BCUT2D eigenvalue weighted by Crippen LogP contribution is 2.32. The predicted molar refractivity (Wildman–Crippen MR) is 118 cm³/mol. The van der Waals surface area contributed by atoms with Gasteiger partial charge in [-0.2, -0.15) is 5.10 Å². The first-order chi connectivity index (χ1) is 15.0. The average Bonchev–Trinajstić information content (AvgIpc) is 3.18.